The van der Waals surface area contributed by atoms with Crippen molar-refractivity contribution in [2.45, 2.75) is 69.5 Å². The van der Waals surface area contributed by atoms with Crippen LogP contribution in [0.1, 0.15) is 51.4 Å². The van der Waals surface area contributed by atoms with Crippen molar-refractivity contribution in [1.29, 1.82) is 0 Å². The van der Waals surface area contributed by atoms with Gasteiger partial charge in [0.2, 0.25) is 5.91 Å². The van der Waals surface area contributed by atoms with Crippen LogP contribution in [0, 0.1) is 0 Å². The van der Waals surface area contributed by atoms with Gasteiger partial charge in [0.25, 0.3) is 0 Å². The molecule has 5 nitrogen and oxygen atoms in total. The summed E-state index contributed by atoms with van der Waals surface area (Å²) in [7, 11) is 0. The number of hydrogen-bond acceptors (Lipinski definition) is 4. The molecule has 1 atom stereocenters. The minimum absolute atomic E-state index is 0.415. The maximum Gasteiger partial charge on any atom is 0.237 e. The van der Waals surface area contributed by atoms with Crippen molar-refractivity contribution in [3.63, 3.8) is 0 Å². The molecular formula is C19H33N3O2. The van der Waals surface area contributed by atoms with Crippen LogP contribution in [-0.2, 0) is 9.53 Å². The Morgan fingerprint density at radius 3 is 2.33 bits per heavy atom. The Morgan fingerprint density at radius 2 is 1.62 bits per heavy atom. The molecule has 0 aromatic heterocycles. The number of rotatable bonds is 6. The number of ether oxygens (including phenoxy) is 1. The lowest BCUT2D eigenvalue weighted by Gasteiger charge is -2.35. The van der Waals surface area contributed by atoms with E-state index >= 15 is 0 Å². The third kappa shape index (κ3) is 3.94. The molecule has 2 aliphatic carbocycles. The van der Waals surface area contributed by atoms with Gasteiger partial charge in [-0.15, -0.1) is 0 Å². The van der Waals surface area contributed by atoms with Crippen LogP contribution >= 0.6 is 0 Å². The molecule has 24 heavy (non-hydrogen) atoms. The predicted octanol–water partition coefficient (Wildman–Crippen LogP) is 1.72. The molecular weight excluding hydrogens is 302 g/mol. The summed E-state index contributed by atoms with van der Waals surface area (Å²) in [5.74, 6) is 0.415. The molecule has 4 fully saturated rings. The molecule has 136 valence electrons. The Morgan fingerprint density at radius 1 is 0.917 bits per heavy atom. The standard InChI is InChI=1S/C19H33N3O2/c23-19(22(17-7-8-17)16-4-1-2-5-16)15-21-9-3-6-18(21)14-20-10-12-24-13-11-20/h16-18H,1-15H2/t18-/m1/s1. The van der Waals surface area contributed by atoms with E-state index in [1.807, 2.05) is 0 Å². The molecule has 0 aromatic rings. The molecule has 2 saturated heterocycles. The van der Waals surface area contributed by atoms with E-state index in [9.17, 15) is 4.79 Å². The van der Waals surface area contributed by atoms with Gasteiger partial charge in [-0.2, -0.15) is 0 Å². The maximum atomic E-state index is 13.1. The van der Waals surface area contributed by atoms with Gasteiger partial charge in [0.15, 0.2) is 0 Å². The smallest absolute Gasteiger partial charge is 0.237 e. The van der Waals surface area contributed by atoms with E-state index in [0.29, 0.717) is 30.6 Å². The summed E-state index contributed by atoms with van der Waals surface area (Å²) >= 11 is 0. The second-order valence-electron chi connectivity index (χ2n) is 8.15. The summed E-state index contributed by atoms with van der Waals surface area (Å²) in [4.78, 5) is 20.4. The first-order valence-electron chi connectivity index (χ1n) is 10.2. The van der Waals surface area contributed by atoms with Crippen molar-refractivity contribution in [2.24, 2.45) is 0 Å². The van der Waals surface area contributed by atoms with Crippen molar-refractivity contribution < 1.29 is 9.53 Å². The second-order valence-corrected chi connectivity index (χ2v) is 8.15. The zero-order valence-corrected chi connectivity index (χ0v) is 15.0. The molecule has 2 aliphatic heterocycles. The van der Waals surface area contributed by atoms with E-state index in [-0.39, 0.29) is 0 Å². The van der Waals surface area contributed by atoms with Gasteiger partial charge in [-0.05, 0) is 45.1 Å². The summed E-state index contributed by atoms with van der Waals surface area (Å²) in [6.45, 7) is 6.70. The zero-order chi connectivity index (χ0) is 16.4. The SMILES string of the molecule is O=C(CN1CCC[C@@H]1CN1CCOCC1)N(C1CCCC1)C1CC1. The Bertz CT molecular complexity index is 428. The molecule has 2 saturated carbocycles. The molecule has 0 radical (unpaired) electrons. The van der Waals surface area contributed by atoms with E-state index in [4.69, 9.17) is 4.74 Å². The highest BCUT2D eigenvalue weighted by Gasteiger charge is 2.39. The summed E-state index contributed by atoms with van der Waals surface area (Å²) in [6, 6.07) is 1.68. The molecule has 0 N–H and O–H groups in total. The van der Waals surface area contributed by atoms with Gasteiger partial charge < -0.3 is 9.64 Å². The van der Waals surface area contributed by atoms with Gasteiger partial charge in [-0.25, -0.2) is 0 Å². The molecule has 0 bridgehead atoms. The molecule has 4 rings (SSSR count). The first kappa shape index (κ1) is 16.8. The van der Waals surface area contributed by atoms with Crippen LogP contribution in [0.5, 0.6) is 0 Å². The van der Waals surface area contributed by atoms with Gasteiger partial charge in [-0.1, -0.05) is 12.8 Å². The fourth-order valence-corrected chi connectivity index (χ4v) is 4.89. The molecule has 2 heterocycles. The van der Waals surface area contributed by atoms with Crippen LogP contribution in [0.25, 0.3) is 0 Å². The van der Waals surface area contributed by atoms with Crippen LogP contribution in [0.4, 0.5) is 0 Å². The Balaban J connectivity index is 1.33. The first-order chi connectivity index (χ1) is 11.8. The molecule has 0 spiro atoms. The molecule has 0 unspecified atom stereocenters. The minimum atomic E-state index is 0.415. The van der Waals surface area contributed by atoms with Crippen LogP contribution in [0.15, 0.2) is 0 Å². The van der Waals surface area contributed by atoms with E-state index in [2.05, 4.69) is 14.7 Å². The number of morpholine rings is 1. The van der Waals surface area contributed by atoms with E-state index in [1.165, 1.54) is 51.4 Å². The predicted molar refractivity (Wildman–Crippen MR) is 94.0 cm³/mol. The van der Waals surface area contributed by atoms with E-state index in [1.54, 1.807) is 0 Å². The van der Waals surface area contributed by atoms with Crippen molar-refractivity contribution in [3.05, 3.63) is 0 Å². The molecule has 4 aliphatic rings. The zero-order valence-electron chi connectivity index (χ0n) is 15.0. The highest BCUT2D eigenvalue weighted by atomic mass is 16.5. The molecule has 0 aromatic carbocycles. The number of carbonyl (C=O) groups excluding carboxylic acids is 1. The van der Waals surface area contributed by atoms with Gasteiger partial charge >= 0.3 is 0 Å². The lowest BCUT2D eigenvalue weighted by Crippen LogP contribution is -2.50. The maximum absolute atomic E-state index is 13.1. The van der Waals surface area contributed by atoms with Crippen LogP contribution in [0.3, 0.4) is 0 Å². The highest BCUT2D eigenvalue weighted by molar-refractivity contribution is 5.79. The topological polar surface area (TPSA) is 36.0 Å². The average Bonchev–Trinajstić information content (AvgIpc) is 3.09. The third-order valence-corrected chi connectivity index (χ3v) is 6.36. The quantitative estimate of drug-likeness (QED) is 0.740. The third-order valence-electron chi connectivity index (χ3n) is 6.36. The van der Waals surface area contributed by atoms with Crippen LogP contribution in [0.2, 0.25) is 0 Å². The first-order valence-corrected chi connectivity index (χ1v) is 10.2. The van der Waals surface area contributed by atoms with Crippen molar-refractivity contribution in [3.8, 4) is 0 Å². The van der Waals surface area contributed by atoms with Crippen molar-refractivity contribution >= 4 is 5.91 Å². The Kier molecular flexibility index (Phi) is 5.40. The minimum Gasteiger partial charge on any atom is -0.379 e. The van der Waals surface area contributed by atoms with Gasteiger partial charge in [0.1, 0.15) is 0 Å². The van der Waals surface area contributed by atoms with Crippen LogP contribution < -0.4 is 0 Å². The Labute approximate surface area is 146 Å². The van der Waals surface area contributed by atoms with Crippen molar-refractivity contribution in [2.75, 3.05) is 45.9 Å². The summed E-state index contributed by atoms with van der Waals surface area (Å²) in [5.41, 5.74) is 0. The summed E-state index contributed by atoms with van der Waals surface area (Å²) < 4.78 is 5.46. The average molecular weight is 335 g/mol. The second kappa shape index (κ2) is 7.71. The number of nitrogens with zero attached hydrogens (tertiary/aromatic N) is 3. The number of hydrogen-bond donors (Lipinski definition) is 0. The lowest BCUT2D eigenvalue weighted by atomic mass is 10.2. The number of carbonyl (C=O) groups is 1. The van der Waals surface area contributed by atoms with Gasteiger partial charge in [-0.3, -0.25) is 14.6 Å². The fraction of sp³-hybridized carbons (Fsp3) is 0.947. The number of amides is 1. The molecule has 1 amide bonds. The fourth-order valence-electron chi connectivity index (χ4n) is 4.89. The summed E-state index contributed by atoms with van der Waals surface area (Å²) in [5, 5.41) is 0. The van der Waals surface area contributed by atoms with Crippen molar-refractivity contribution in [1.82, 2.24) is 14.7 Å². The lowest BCUT2D eigenvalue weighted by molar-refractivity contribution is -0.135. The van der Waals surface area contributed by atoms with Gasteiger partial charge in [0, 0.05) is 37.8 Å². The normalized spacial score (nSPS) is 30.1. The van der Waals surface area contributed by atoms with E-state index in [0.717, 1.165) is 39.4 Å². The Hall–Kier alpha value is -0.650. The number of likely N-dealkylation sites (tertiary alicyclic amines) is 1. The van der Waals surface area contributed by atoms with E-state index < -0.39 is 0 Å². The monoisotopic (exact) mass is 335 g/mol. The van der Waals surface area contributed by atoms with Crippen LogP contribution in [-0.4, -0.2) is 84.7 Å². The highest BCUT2D eigenvalue weighted by Crippen LogP contribution is 2.34. The van der Waals surface area contributed by atoms with Gasteiger partial charge in [0.05, 0.1) is 19.8 Å². The largest absolute Gasteiger partial charge is 0.379 e. The summed E-state index contributed by atoms with van der Waals surface area (Å²) in [6.07, 6.45) is 10.1. The molecule has 5 heteroatoms.